The van der Waals surface area contributed by atoms with E-state index >= 15 is 0 Å². The van der Waals surface area contributed by atoms with E-state index in [1.807, 2.05) is 24.3 Å². The molecule has 2 amide bonds. The summed E-state index contributed by atoms with van der Waals surface area (Å²) in [5.41, 5.74) is 0.786. The third-order valence-electron chi connectivity index (χ3n) is 2.97. The van der Waals surface area contributed by atoms with E-state index in [1.165, 1.54) is 0 Å². The summed E-state index contributed by atoms with van der Waals surface area (Å²) >= 11 is 3.37. The third-order valence-corrected chi connectivity index (χ3v) is 3.47. The van der Waals surface area contributed by atoms with Gasteiger partial charge in [0.25, 0.3) is 0 Å². The third kappa shape index (κ3) is 4.31. The molecular formula is C13H17BrN2O2. The number of ether oxygens (including phenoxy) is 1. The van der Waals surface area contributed by atoms with E-state index in [0.29, 0.717) is 12.5 Å². The smallest absolute Gasteiger partial charge is 0.319 e. The zero-order chi connectivity index (χ0) is 12.8. The second kappa shape index (κ2) is 6.75. The minimum absolute atomic E-state index is 0.153. The number of halogens is 1. The number of anilines is 1. The second-order valence-electron chi connectivity index (χ2n) is 4.40. The predicted octanol–water partition coefficient (Wildman–Crippen LogP) is 3.00. The fourth-order valence-corrected chi connectivity index (χ4v) is 2.33. The standard InChI is InChI=1S/C13H17BrN2O2/c14-11-2-1-3-12(8-11)16-13(17)15-9-10-4-6-18-7-5-10/h1-3,8,10H,4-7,9H2,(H2,15,16,17). The molecule has 1 aliphatic rings. The fraction of sp³-hybridized carbons (Fsp3) is 0.462. The summed E-state index contributed by atoms with van der Waals surface area (Å²) in [6.45, 7) is 2.32. The largest absolute Gasteiger partial charge is 0.381 e. The van der Waals surface area contributed by atoms with Gasteiger partial charge in [0.1, 0.15) is 0 Å². The fourth-order valence-electron chi connectivity index (χ4n) is 1.93. The first kappa shape index (κ1) is 13.4. The van der Waals surface area contributed by atoms with E-state index in [2.05, 4.69) is 26.6 Å². The highest BCUT2D eigenvalue weighted by molar-refractivity contribution is 9.10. The van der Waals surface area contributed by atoms with E-state index in [-0.39, 0.29) is 6.03 Å². The number of rotatable bonds is 3. The molecule has 1 aliphatic heterocycles. The van der Waals surface area contributed by atoms with E-state index in [0.717, 1.165) is 36.2 Å². The molecule has 0 radical (unpaired) electrons. The van der Waals surface area contributed by atoms with Crippen LogP contribution in [0.2, 0.25) is 0 Å². The Hall–Kier alpha value is -1.07. The summed E-state index contributed by atoms with van der Waals surface area (Å²) in [5.74, 6) is 0.534. The van der Waals surface area contributed by atoms with Gasteiger partial charge in [-0.1, -0.05) is 22.0 Å². The number of urea groups is 1. The molecule has 1 heterocycles. The summed E-state index contributed by atoms with van der Waals surface area (Å²) in [4.78, 5) is 11.7. The molecule has 0 bridgehead atoms. The molecule has 0 aromatic heterocycles. The SMILES string of the molecule is O=C(NCC1CCOCC1)Nc1cccc(Br)c1. The molecule has 0 saturated carbocycles. The minimum Gasteiger partial charge on any atom is -0.381 e. The Labute approximate surface area is 115 Å². The van der Waals surface area contributed by atoms with Crippen LogP contribution in [0.4, 0.5) is 10.5 Å². The van der Waals surface area contributed by atoms with Crippen LogP contribution in [0.15, 0.2) is 28.7 Å². The van der Waals surface area contributed by atoms with Gasteiger partial charge in [0.05, 0.1) is 0 Å². The highest BCUT2D eigenvalue weighted by atomic mass is 79.9. The van der Waals surface area contributed by atoms with Gasteiger partial charge in [-0.25, -0.2) is 4.79 Å². The maximum Gasteiger partial charge on any atom is 0.319 e. The van der Waals surface area contributed by atoms with Crippen LogP contribution in [0, 0.1) is 5.92 Å². The number of nitrogens with one attached hydrogen (secondary N) is 2. The molecule has 5 heteroatoms. The normalized spacial score (nSPS) is 16.3. The summed E-state index contributed by atoms with van der Waals surface area (Å²) < 4.78 is 6.23. The first-order chi connectivity index (χ1) is 8.74. The number of benzene rings is 1. The van der Waals surface area contributed by atoms with Crippen molar-refractivity contribution >= 4 is 27.6 Å². The predicted molar refractivity (Wildman–Crippen MR) is 74.7 cm³/mol. The topological polar surface area (TPSA) is 50.4 Å². The summed E-state index contributed by atoms with van der Waals surface area (Å²) in [7, 11) is 0. The van der Waals surface area contributed by atoms with Crippen molar-refractivity contribution in [3.63, 3.8) is 0 Å². The lowest BCUT2D eigenvalue weighted by molar-refractivity contribution is 0.0671. The molecule has 1 aromatic rings. The van der Waals surface area contributed by atoms with Gasteiger partial charge in [-0.15, -0.1) is 0 Å². The Morgan fingerprint density at radius 3 is 2.89 bits per heavy atom. The lowest BCUT2D eigenvalue weighted by atomic mass is 10.0. The summed E-state index contributed by atoms with van der Waals surface area (Å²) in [6.07, 6.45) is 2.05. The molecule has 1 saturated heterocycles. The molecule has 1 fully saturated rings. The molecule has 1 aromatic carbocycles. The number of carbonyl (C=O) groups is 1. The van der Waals surface area contributed by atoms with Crippen LogP contribution in [-0.2, 0) is 4.74 Å². The monoisotopic (exact) mass is 312 g/mol. The molecule has 98 valence electrons. The van der Waals surface area contributed by atoms with Gasteiger partial charge in [-0.05, 0) is 37.0 Å². The van der Waals surface area contributed by atoms with Crippen LogP contribution in [-0.4, -0.2) is 25.8 Å². The Balaban J connectivity index is 1.74. The van der Waals surface area contributed by atoms with E-state index in [9.17, 15) is 4.79 Å². The molecule has 18 heavy (non-hydrogen) atoms. The maximum atomic E-state index is 11.7. The number of hydrogen-bond donors (Lipinski definition) is 2. The molecule has 4 nitrogen and oxygen atoms in total. The quantitative estimate of drug-likeness (QED) is 0.901. The minimum atomic E-state index is -0.153. The number of amides is 2. The van der Waals surface area contributed by atoms with Crippen LogP contribution >= 0.6 is 15.9 Å². The Bertz CT molecular complexity index is 406. The van der Waals surface area contributed by atoms with Crippen molar-refractivity contribution in [1.82, 2.24) is 5.32 Å². The van der Waals surface area contributed by atoms with Gasteiger partial charge in [0, 0.05) is 29.9 Å². The van der Waals surface area contributed by atoms with Crippen molar-refractivity contribution in [2.24, 2.45) is 5.92 Å². The van der Waals surface area contributed by atoms with Crippen LogP contribution in [0.25, 0.3) is 0 Å². The molecule has 2 N–H and O–H groups in total. The Morgan fingerprint density at radius 1 is 1.39 bits per heavy atom. The van der Waals surface area contributed by atoms with Crippen molar-refractivity contribution in [3.8, 4) is 0 Å². The molecule has 0 aliphatic carbocycles. The van der Waals surface area contributed by atoms with Crippen molar-refractivity contribution in [1.29, 1.82) is 0 Å². The lowest BCUT2D eigenvalue weighted by Gasteiger charge is -2.22. The van der Waals surface area contributed by atoms with Gasteiger partial charge in [0.15, 0.2) is 0 Å². The van der Waals surface area contributed by atoms with Gasteiger partial charge in [0.2, 0.25) is 0 Å². The van der Waals surface area contributed by atoms with Crippen LogP contribution in [0.5, 0.6) is 0 Å². The van der Waals surface area contributed by atoms with Gasteiger partial charge < -0.3 is 15.4 Å². The van der Waals surface area contributed by atoms with Gasteiger partial charge >= 0.3 is 6.03 Å². The molecular weight excluding hydrogens is 296 g/mol. The van der Waals surface area contributed by atoms with Crippen molar-refractivity contribution in [2.75, 3.05) is 25.1 Å². The molecule has 2 rings (SSSR count). The van der Waals surface area contributed by atoms with Crippen LogP contribution in [0.1, 0.15) is 12.8 Å². The number of hydrogen-bond acceptors (Lipinski definition) is 2. The average Bonchev–Trinajstić information content (AvgIpc) is 2.38. The Morgan fingerprint density at radius 2 is 2.17 bits per heavy atom. The van der Waals surface area contributed by atoms with E-state index in [4.69, 9.17) is 4.74 Å². The molecule has 0 atom stereocenters. The average molecular weight is 313 g/mol. The second-order valence-corrected chi connectivity index (χ2v) is 5.32. The highest BCUT2D eigenvalue weighted by Crippen LogP contribution is 2.16. The molecule has 0 unspecified atom stereocenters. The van der Waals surface area contributed by atoms with E-state index < -0.39 is 0 Å². The van der Waals surface area contributed by atoms with Gasteiger partial charge in [-0.2, -0.15) is 0 Å². The number of carbonyl (C=O) groups excluding carboxylic acids is 1. The molecule has 0 spiro atoms. The Kier molecular flexibility index (Phi) is 5.01. The van der Waals surface area contributed by atoms with Gasteiger partial charge in [-0.3, -0.25) is 0 Å². The van der Waals surface area contributed by atoms with Crippen molar-refractivity contribution in [2.45, 2.75) is 12.8 Å². The maximum absolute atomic E-state index is 11.7. The lowest BCUT2D eigenvalue weighted by Crippen LogP contribution is -2.35. The van der Waals surface area contributed by atoms with E-state index in [1.54, 1.807) is 0 Å². The summed E-state index contributed by atoms with van der Waals surface area (Å²) in [6, 6.07) is 7.38. The van der Waals surface area contributed by atoms with Crippen LogP contribution in [0.3, 0.4) is 0 Å². The highest BCUT2D eigenvalue weighted by Gasteiger charge is 2.14. The van der Waals surface area contributed by atoms with Crippen molar-refractivity contribution in [3.05, 3.63) is 28.7 Å². The van der Waals surface area contributed by atoms with Crippen molar-refractivity contribution < 1.29 is 9.53 Å². The zero-order valence-corrected chi connectivity index (χ0v) is 11.7. The first-order valence-corrected chi connectivity index (χ1v) is 6.91. The first-order valence-electron chi connectivity index (χ1n) is 6.12. The summed E-state index contributed by atoms with van der Waals surface area (Å²) in [5, 5.41) is 5.71. The van der Waals surface area contributed by atoms with Crippen LogP contribution < -0.4 is 10.6 Å². The zero-order valence-electron chi connectivity index (χ0n) is 10.1.